The summed E-state index contributed by atoms with van der Waals surface area (Å²) < 4.78 is 4.77. The number of methoxy groups -OCH3 is 1. The van der Waals surface area contributed by atoms with E-state index in [4.69, 9.17) is 9.84 Å². The van der Waals surface area contributed by atoms with Crippen molar-refractivity contribution in [2.24, 2.45) is 0 Å². The maximum atomic E-state index is 12.1. The number of anilines is 1. The SMILES string of the molecule is CCN(C(=O)NC(COC)C(=O)O)c1ccccc1. The van der Waals surface area contributed by atoms with Gasteiger partial charge in [-0.2, -0.15) is 0 Å². The molecule has 2 amide bonds. The van der Waals surface area contributed by atoms with Crippen LogP contribution in [0.5, 0.6) is 0 Å². The molecular formula is C13H18N2O4. The van der Waals surface area contributed by atoms with E-state index < -0.39 is 18.0 Å². The Morgan fingerprint density at radius 2 is 2.00 bits per heavy atom. The van der Waals surface area contributed by atoms with Gasteiger partial charge in [-0.25, -0.2) is 9.59 Å². The molecule has 6 nitrogen and oxygen atoms in total. The number of aliphatic carboxylic acids is 1. The molecule has 0 aliphatic heterocycles. The fourth-order valence-corrected chi connectivity index (χ4v) is 1.62. The Bertz CT molecular complexity index is 422. The number of nitrogens with one attached hydrogen (secondary N) is 1. The Labute approximate surface area is 112 Å². The third-order valence-electron chi connectivity index (χ3n) is 2.56. The minimum absolute atomic E-state index is 0.0760. The molecule has 0 aromatic heterocycles. The number of urea groups is 1. The molecule has 0 fully saturated rings. The van der Waals surface area contributed by atoms with Crippen LogP contribution in [0.1, 0.15) is 6.92 Å². The van der Waals surface area contributed by atoms with E-state index in [1.165, 1.54) is 12.0 Å². The summed E-state index contributed by atoms with van der Waals surface area (Å²) in [6, 6.07) is 7.53. The molecule has 0 aliphatic carbocycles. The van der Waals surface area contributed by atoms with Crippen molar-refractivity contribution in [3.63, 3.8) is 0 Å². The van der Waals surface area contributed by atoms with Crippen LogP contribution < -0.4 is 10.2 Å². The lowest BCUT2D eigenvalue weighted by Crippen LogP contribution is -2.50. The maximum absolute atomic E-state index is 12.1. The standard InChI is InChI=1S/C13H18N2O4/c1-3-15(10-7-5-4-6-8-10)13(18)14-11(9-19-2)12(16)17/h4-8,11H,3,9H2,1-2H3,(H,14,18)(H,16,17). The number of rotatable bonds is 6. The largest absolute Gasteiger partial charge is 0.480 e. The van der Waals surface area contributed by atoms with Gasteiger partial charge in [-0.15, -0.1) is 0 Å². The molecule has 1 atom stereocenters. The third-order valence-corrected chi connectivity index (χ3v) is 2.56. The minimum Gasteiger partial charge on any atom is -0.480 e. The summed E-state index contributed by atoms with van der Waals surface area (Å²) in [5.74, 6) is -1.13. The molecule has 1 rings (SSSR count). The number of para-hydroxylation sites is 1. The van der Waals surface area contributed by atoms with Crippen LogP contribution in [0.3, 0.4) is 0 Å². The summed E-state index contributed by atoms with van der Waals surface area (Å²) in [5.41, 5.74) is 0.712. The lowest BCUT2D eigenvalue weighted by Gasteiger charge is -2.23. The number of carboxylic acids is 1. The predicted octanol–water partition coefficient (Wildman–Crippen LogP) is 1.32. The molecular weight excluding hydrogens is 248 g/mol. The average molecular weight is 266 g/mol. The van der Waals surface area contributed by atoms with Crippen molar-refractivity contribution < 1.29 is 19.4 Å². The van der Waals surface area contributed by atoms with Crippen molar-refractivity contribution in [3.8, 4) is 0 Å². The van der Waals surface area contributed by atoms with Crippen LogP contribution in [0.2, 0.25) is 0 Å². The van der Waals surface area contributed by atoms with E-state index >= 15 is 0 Å². The van der Waals surface area contributed by atoms with Gasteiger partial charge in [0.1, 0.15) is 0 Å². The first kappa shape index (κ1) is 15.0. The van der Waals surface area contributed by atoms with Gasteiger partial charge in [-0.1, -0.05) is 18.2 Å². The quantitative estimate of drug-likeness (QED) is 0.814. The highest BCUT2D eigenvalue weighted by atomic mass is 16.5. The van der Waals surface area contributed by atoms with E-state index in [0.29, 0.717) is 12.2 Å². The number of hydrogen-bond acceptors (Lipinski definition) is 3. The molecule has 6 heteroatoms. The Hall–Kier alpha value is -2.08. The van der Waals surface area contributed by atoms with Gasteiger partial charge in [0.15, 0.2) is 6.04 Å². The van der Waals surface area contributed by atoms with Crippen molar-refractivity contribution in [2.75, 3.05) is 25.2 Å². The number of carbonyl (C=O) groups excluding carboxylic acids is 1. The van der Waals surface area contributed by atoms with Crippen molar-refractivity contribution in [1.82, 2.24) is 5.32 Å². The second-order valence-corrected chi connectivity index (χ2v) is 3.88. The van der Waals surface area contributed by atoms with E-state index in [1.807, 2.05) is 25.1 Å². The number of benzene rings is 1. The third kappa shape index (κ3) is 4.26. The second-order valence-electron chi connectivity index (χ2n) is 3.88. The van der Waals surface area contributed by atoms with Gasteiger partial charge in [0.05, 0.1) is 6.61 Å². The maximum Gasteiger partial charge on any atom is 0.328 e. The van der Waals surface area contributed by atoms with Crippen LogP contribution in [0.4, 0.5) is 10.5 Å². The first-order chi connectivity index (χ1) is 9.10. The van der Waals surface area contributed by atoms with E-state index in [-0.39, 0.29) is 6.61 Å². The van der Waals surface area contributed by atoms with Crippen LogP contribution in [-0.4, -0.2) is 43.4 Å². The van der Waals surface area contributed by atoms with Gasteiger partial charge >= 0.3 is 12.0 Å². The average Bonchev–Trinajstić information content (AvgIpc) is 2.40. The Morgan fingerprint density at radius 3 is 2.47 bits per heavy atom. The second kappa shape index (κ2) is 7.38. The number of hydrogen-bond donors (Lipinski definition) is 2. The fourth-order valence-electron chi connectivity index (χ4n) is 1.62. The summed E-state index contributed by atoms with van der Waals surface area (Å²) in [6.45, 7) is 2.18. The molecule has 104 valence electrons. The van der Waals surface area contributed by atoms with Crippen LogP contribution in [-0.2, 0) is 9.53 Å². The van der Waals surface area contributed by atoms with Crippen LogP contribution in [0.15, 0.2) is 30.3 Å². The summed E-state index contributed by atoms with van der Waals surface area (Å²) >= 11 is 0. The molecule has 0 saturated carbocycles. The molecule has 0 spiro atoms. The van der Waals surface area contributed by atoms with Crippen molar-refractivity contribution in [2.45, 2.75) is 13.0 Å². The summed E-state index contributed by atoms with van der Waals surface area (Å²) in [6.07, 6.45) is 0. The zero-order valence-corrected chi connectivity index (χ0v) is 11.0. The smallest absolute Gasteiger partial charge is 0.328 e. The van der Waals surface area contributed by atoms with E-state index in [2.05, 4.69) is 5.32 Å². The summed E-state index contributed by atoms with van der Waals surface area (Å²) in [7, 11) is 1.39. The van der Waals surface area contributed by atoms with E-state index in [1.54, 1.807) is 12.1 Å². The Morgan fingerprint density at radius 1 is 1.37 bits per heavy atom. The molecule has 0 saturated heterocycles. The van der Waals surface area contributed by atoms with E-state index in [0.717, 1.165) is 0 Å². The number of carbonyl (C=O) groups is 2. The topological polar surface area (TPSA) is 78.9 Å². The first-order valence-electron chi connectivity index (χ1n) is 5.95. The number of nitrogens with zero attached hydrogens (tertiary/aromatic N) is 1. The zero-order valence-electron chi connectivity index (χ0n) is 11.0. The van der Waals surface area contributed by atoms with E-state index in [9.17, 15) is 9.59 Å². The van der Waals surface area contributed by atoms with Crippen molar-refractivity contribution in [1.29, 1.82) is 0 Å². The first-order valence-corrected chi connectivity index (χ1v) is 5.95. The molecule has 2 N–H and O–H groups in total. The van der Waals surface area contributed by atoms with Crippen LogP contribution in [0.25, 0.3) is 0 Å². The van der Waals surface area contributed by atoms with Gasteiger partial charge in [-0.3, -0.25) is 4.90 Å². The minimum atomic E-state index is -1.13. The molecule has 1 aromatic rings. The van der Waals surface area contributed by atoms with Gasteiger partial charge in [0.25, 0.3) is 0 Å². The van der Waals surface area contributed by atoms with Gasteiger partial charge in [0.2, 0.25) is 0 Å². The van der Waals surface area contributed by atoms with Crippen molar-refractivity contribution >= 4 is 17.7 Å². The highest BCUT2D eigenvalue weighted by Crippen LogP contribution is 2.12. The number of carboxylic acid groups (broad SMARTS) is 1. The normalized spacial score (nSPS) is 11.7. The van der Waals surface area contributed by atoms with Crippen LogP contribution >= 0.6 is 0 Å². The van der Waals surface area contributed by atoms with Gasteiger partial charge < -0.3 is 15.2 Å². The molecule has 19 heavy (non-hydrogen) atoms. The summed E-state index contributed by atoms with van der Waals surface area (Å²) in [5, 5.41) is 11.4. The van der Waals surface area contributed by atoms with Crippen LogP contribution in [0, 0.1) is 0 Å². The Balaban J connectivity index is 2.76. The number of amides is 2. The Kier molecular flexibility index (Phi) is 5.81. The van der Waals surface area contributed by atoms with Gasteiger partial charge in [-0.05, 0) is 19.1 Å². The fraction of sp³-hybridized carbons (Fsp3) is 0.385. The highest BCUT2D eigenvalue weighted by Gasteiger charge is 2.23. The molecule has 1 unspecified atom stereocenters. The van der Waals surface area contributed by atoms with Crippen molar-refractivity contribution in [3.05, 3.63) is 30.3 Å². The monoisotopic (exact) mass is 266 g/mol. The molecule has 0 radical (unpaired) electrons. The predicted molar refractivity (Wildman–Crippen MR) is 71.3 cm³/mol. The van der Waals surface area contributed by atoms with Gasteiger partial charge in [0, 0.05) is 19.3 Å². The summed E-state index contributed by atoms with van der Waals surface area (Å²) in [4.78, 5) is 24.5. The molecule has 0 heterocycles. The molecule has 0 aliphatic rings. The highest BCUT2D eigenvalue weighted by molar-refractivity contribution is 5.94. The lowest BCUT2D eigenvalue weighted by atomic mass is 10.3. The molecule has 1 aromatic carbocycles. The number of ether oxygens (including phenoxy) is 1. The zero-order chi connectivity index (χ0) is 14.3. The lowest BCUT2D eigenvalue weighted by molar-refractivity contribution is -0.140. The molecule has 0 bridgehead atoms.